The smallest absolute Gasteiger partial charge is 0.143 e. The largest absolute Gasteiger partial charge is 0.332 e. The van der Waals surface area contributed by atoms with Gasteiger partial charge in [-0.2, -0.15) is 0 Å². The Kier molecular flexibility index (Phi) is 6.51. The first-order chi connectivity index (χ1) is 16.9. The van der Waals surface area contributed by atoms with Gasteiger partial charge in [0.05, 0.1) is 21.6 Å². The molecule has 0 atom stereocenters. The Morgan fingerprint density at radius 1 is 1.00 bits per heavy atom. The molecule has 0 aliphatic rings. The summed E-state index contributed by atoms with van der Waals surface area (Å²) < 4.78 is 17.5. The SMILES string of the molecule is CCC(CC)n1c(-c2ccc(-c3nc(-c4c(F)cccc4Cl)[nH]c3Br)cc2)nc2ccc(C)cc21. The Bertz CT molecular complexity index is 1500. The molecule has 4 nitrogen and oxygen atoms in total. The normalized spacial score (nSPS) is 11.6. The van der Waals surface area contributed by atoms with Gasteiger partial charge < -0.3 is 9.55 Å². The summed E-state index contributed by atoms with van der Waals surface area (Å²) in [6.07, 6.45) is 2.06. The Morgan fingerprint density at radius 3 is 2.40 bits per heavy atom. The molecule has 0 spiro atoms. The summed E-state index contributed by atoms with van der Waals surface area (Å²) in [6.45, 7) is 6.55. The quantitative estimate of drug-likeness (QED) is 0.229. The molecular weight excluding hydrogens is 527 g/mol. The van der Waals surface area contributed by atoms with Crippen molar-refractivity contribution in [2.24, 2.45) is 0 Å². The predicted molar refractivity (Wildman–Crippen MR) is 145 cm³/mol. The van der Waals surface area contributed by atoms with Crippen molar-refractivity contribution in [3.63, 3.8) is 0 Å². The van der Waals surface area contributed by atoms with Crippen molar-refractivity contribution in [2.45, 2.75) is 39.7 Å². The van der Waals surface area contributed by atoms with Gasteiger partial charge in [0.15, 0.2) is 0 Å². The number of aryl methyl sites for hydroxylation is 1. The molecule has 0 saturated carbocycles. The number of hydrogen-bond acceptors (Lipinski definition) is 2. The molecule has 2 heterocycles. The van der Waals surface area contributed by atoms with Gasteiger partial charge in [0, 0.05) is 17.2 Å². The minimum atomic E-state index is -0.420. The van der Waals surface area contributed by atoms with Crippen LogP contribution in [0.3, 0.4) is 0 Å². The number of imidazole rings is 2. The zero-order valence-electron chi connectivity index (χ0n) is 19.7. The molecule has 3 aromatic carbocycles. The first kappa shape index (κ1) is 23.8. The van der Waals surface area contributed by atoms with Gasteiger partial charge in [0.2, 0.25) is 0 Å². The van der Waals surface area contributed by atoms with Crippen LogP contribution in [0.1, 0.15) is 38.3 Å². The van der Waals surface area contributed by atoms with Gasteiger partial charge in [-0.1, -0.05) is 61.8 Å². The van der Waals surface area contributed by atoms with Crippen LogP contribution in [0.5, 0.6) is 0 Å². The third-order valence-electron chi connectivity index (χ3n) is 6.43. The van der Waals surface area contributed by atoms with Gasteiger partial charge >= 0.3 is 0 Å². The highest BCUT2D eigenvalue weighted by Crippen LogP contribution is 2.36. The minimum Gasteiger partial charge on any atom is -0.332 e. The van der Waals surface area contributed by atoms with E-state index in [9.17, 15) is 4.39 Å². The summed E-state index contributed by atoms with van der Waals surface area (Å²) >= 11 is 9.79. The second-order valence-electron chi connectivity index (χ2n) is 8.69. The zero-order chi connectivity index (χ0) is 24.7. The summed E-state index contributed by atoms with van der Waals surface area (Å²) in [5.74, 6) is 0.923. The summed E-state index contributed by atoms with van der Waals surface area (Å²) in [7, 11) is 0. The minimum absolute atomic E-state index is 0.256. The molecule has 2 aromatic heterocycles. The van der Waals surface area contributed by atoms with E-state index in [1.807, 2.05) is 12.1 Å². The predicted octanol–water partition coefficient (Wildman–Crippen LogP) is 8.98. The second kappa shape index (κ2) is 9.59. The van der Waals surface area contributed by atoms with Crippen molar-refractivity contribution in [2.75, 3.05) is 0 Å². The lowest BCUT2D eigenvalue weighted by molar-refractivity contribution is 0.487. The summed E-state index contributed by atoms with van der Waals surface area (Å²) in [4.78, 5) is 12.8. The Hall–Kier alpha value is -2.96. The number of nitrogens with one attached hydrogen (secondary N) is 1. The van der Waals surface area contributed by atoms with Crippen molar-refractivity contribution < 1.29 is 4.39 Å². The lowest BCUT2D eigenvalue weighted by atomic mass is 10.1. The van der Waals surface area contributed by atoms with E-state index in [2.05, 4.69) is 81.6 Å². The Morgan fingerprint density at radius 2 is 1.71 bits per heavy atom. The number of fused-ring (bicyclic) bond motifs is 1. The number of aromatic nitrogens is 4. The van der Waals surface area contributed by atoms with Crippen LogP contribution in [0.4, 0.5) is 4.39 Å². The molecule has 5 rings (SSSR count). The van der Waals surface area contributed by atoms with Gasteiger partial charge in [0.1, 0.15) is 27.8 Å². The first-order valence-corrected chi connectivity index (χ1v) is 12.9. The maximum atomic E-state index is 14.4. The van der Waals surface area contributed by atoms with Gasteiger partial charge in [-0.15, -0.1) is 0 Å². The van der Waals surface area contributed by atoms with E-state index in [0.717, 1.165) is 35.3 Å². The molecule has 0 unspecified atom stereocenters. The summed E-state index contributed by atoms with van der Waals surface area (Å²) in [6, 6.07) is 19.6. The van der Waals surface area contributed by atoms with Crippen LogP contribution >= 0.6 is 27.5 Å². The number of nitrogens with zero attached hydrogens (tertiary/aromatic N) is 3. The fourth-order valence-corrected chi connectivity index (χ4v) is 5.35. The van der Waals surface area contributed by atoms with E-state index >= 15 is 0 Å². The first-order valence-electron chi connectivity index (χ1n) is 11.7. The average molecular weight is 552 g/mol. The number of halogens is 3. The van der Waals surface area contributed by atoms with Gasteiger partial charge in [-0.25, -0.2) is 14.4 Å². The Labute approximate surface area is 217 Å². The average Bonchev–Trinajstić information content (AvgIpc) is 3.41. The molecule has 0 fully saturated rings. The van der Waals surface area contributed by atoms with Crippen LogP contribution < -0.4 is 0 Å². The third kappa shape index (κ3) is 4.30. The van der Waals surface area contributed by atoms with Crippen molar-refractivity contribution in [3.05, 3.63) is 81.7 Å². The van der Waals surface area contributed by atoms with Crippen molar-refractivity contribution in [1.82, 2.24) is 19.5 Å². The number of aromatic amines is 1. The van der Waals surface area contributed by atoms with Crippen LogP contribution in [0, 0.1) is 12.7 Å². The standard InChI is InChI=1S/C28H25BrClFN4/c1-4-19(5-2)35-23-15-16(3)9-14-22(23)32-28(35)18-12-10-17(11-13-18)25-26(29)34-27(33-25)24-20(30)7-6-8-21(24)31/h6-15,19H,4-5H2,1-3H3,(H,33,34). The molecule has 0 amide bonds. The number of hydrogen-bond donors (Lipinski definition) is 1. The van der Waals surface area contributed by atoms with Crippen LogP contribution in [0.25, 0.3) is 45.1 Å². The van der Waals surface area contributed by atoms with Gasteiger partial charge in [0.25, 0.3) is 0 Å². The third-order valence-corrected chi connectivity index (χ3v) is 7.32. The Balaban J connectivity index is 1.57. The number of rotatable bonds is 6. The molecule has 5 aromatic rings. The molecule has 0 bridgehead atoms. The van der Waals surface area contributed by atoms with Gasteiger partial charge in [-0.3, -0.25) is 0 Å². The molecule has 0 radical (unpaired) electrons. The van der Waals surface area contributed by atoms with Crippen LogP contribution in [-0.2, 0) is 0 Å². The number of benzene rings is 3. The zero-order valence-corrected chi connectivity index (χ0v) is 22.1. The van der Waals surface area contributed by atoms with E-state index in [1.165, 1.54) is 17.1 Å². The molecule has 1 N–H and O–H groups in total. The summed E-state index contributed by atoms with van der Waals surface area (Å²) in [5, 5.41) is 0.309. The maximum absolute atomic E-state index is 14.4. The van der Waals surface area contributed by atoms with Crippen LogP contribution in [-0.4, -0.2) is 19.5 Å². The lowest BCUT2D eigenvalue weighted by Crippen LogP contribution is -2.08. The highest BCUT2D eigenvalue weighted by molar-refractivity contribution is 9.10. The molecule has 35 heavy (non-hydrogen) atoms. The lowest BCUT2D eigenvalue weighted by Gasteiger charge is -2.19. The van der Waals surface area contributed by atoms with Crippen molar-refractivity contribution in [3.8, 4) is 34.0 Å². The van der Waals surface area contributed by atoms with Gasteiger partial charge in [-0.05, 0) is 65.5 Å². The monoisotopic (exact) mass is 550 g/mol. The molecule has 7 heteroatoms. The molecule has 178 valence electrons. The highest BCUT2D eigenvalue weighted by atomic mass is 79.9. The van der Waals surface area contributed by atoms with Crippen LogP contribution in [0.2, 0.25) is 5.02 Å². The van der Waals surface area contributed by atoms with Crippen LogP contribution in [0.15, 0.2) is 65.3 Å². The highest BCUT2D eigenvalue weighted by Gasteiger charge is 2.20. The van der Waals surface area contributed by atoms with Crippen molar-refractivity contribution in [1.29, 1.82) is 0 Å². The maximum Gasteiger partial charge on any atom is 0.143 e. The fraction of sp³-hybridized carbons (Fsp3) is 0.214. The molecule has 0 saturated heterocycles. The van der Waals surface area contributed by atoms with Crippen molar-refractivity contribution >= 4 is 38.6 Å². The van der Waals surface area contributed by atoms with E-state index in [0.29, 0.717) is 27.2 Å². The second-order valence-corrected chi connectivity index (χ2v) is 9.89. The van der Waals surface area contributed by atoms with E-state index in [1.54, 1.807) is 12.1 Å². The molecular formula is C28H25BrClFN4. The van der Waals surface area contributed by atoms with E-state index in [4.69, 9.17) is 16.6 Å². The molecule has 0 aliphatic carbocycles. The van der Waals surface area contributed by atoms with E-state index < -0.39 is 5.82 Å². The fourth-order valence-electron chi connectivity index (χ4n) is 4.59. The topological polar surface area (TPSA) is 46.5 Å². The van der Waals surface area contributed by atoms with E-state index in [-0.39, 0.29) is 5.56 Å². The summed E-state index contributed by atoms with van der Waals surface area (Å²) in [5.41, 5.74) is 6.28. The molecule has 0 aliphatic heterocycles. The number of H-pyrrole nitrogens is 1.